The second-order valence-electron chi connectivity index (χ2n) is 6.55. The summed E-state index contributed by atoms with van der Waals surface area (Å²) in [5.74, 6) is -0.0106. The van der Waals surface area contributed by atoms with E-state index in [0.29, 0.717) is 25.2 Å². The van der Waals surface area contributed by atoms with Gasteiger partial charge in [-0.25, -0.2) is 4.52 Å². The van der Waals surface area contributed by atoms with Crippen LogP contribution in [0.5, 0.6) is 0 Å². The number of piperazine rings is 1. The van der Waals surface area contributed by atoms with Crippen molar-refractivity contribution in [3.8, 4) is 0 Å². The van der Waals surface area contributed by atoms with Gasteiger partial charge in [0.15, 0.2) is 0 Å². The summed E-state index contributed by atoms with van der Waals surface area (Å²) in [6, 6.07) is 4.08. The number of rotatable bonds is 3. The number of aliphatic hydroxyl groups excluding tert-OH is 1. The first-order chi connectivity index (χ1) is 11.8. The number of aromatic nitrogens is 2. The number of nitrogens with zero attached hydrogens (tertiary/aromatic N) is 4. The van der Waals surface area contributed by atoms with E-state index in [1.807, 2.05) is 6.20 Å². The zero-order valence-corrected chi connectivity index (χ0v) is 13.7. The van der Waals surface area contributed by atoms with Crippen LogP contribution >= 0.6 is 0 Å². The molecule has 1 atom stereocenters. The molecule has 2 N–H and O–H groups in total. The number of fused-ring (bicyclic) bond motifs is 1. The van der Waals surface area contributed by atoms with E-state index in [1.54, 1.807) is 15.6 Å². The number of hydrogen-bond acceptors (Lipinski definition) is 5. The standard InChI is InChI=1S/C17H23N5O2/c23-12-13-11-21(8-4-18-13)17(24)15-10-19-22-7-3-14(9-16(15)22)20-5-1-2-6-20/h3,7,9-10,13,18,23H,1-2,4-6,8,11-12H2. The number of amides is 1. The van der Waals surface area contributed by atoms with Gasteiger partial charge in [0.2, 0.25) is 0 Å². The van der Waals surface area contributed by atoms with E-state index in [0.717, 1.165) is 24.3 Å². The van der Waals surface area contributed by atoms with Crippen molar-refractivity contribution in [1.82, 2.24) is 19.8 Å². The fraction of sp³-hybridized carbons (Fsp3) is 0.529. The summed E-state index contributed by atoms with van der Waals surface area (Å²) in [6.45, 7) is 4.07. The Kier molecular flexibility index (Phi) is 4.12. The van der Waals surface area contributed by atoms with Crippen molar-refractivity contribution >= 4 is 17.1 Å². The first-order valence-corrected chi connectivity index (χ1v) is 8.62. The summed E-state index contributed by atoms with van der Waals surface area (Å²) in [6.07, 6.45) is 6.02. The molecule has 2 aromatic heterocycles. The molecule has 7 heteroatoms. The number of aliphatic hydroxyl groups is 1. The monoisotopic (exact) mass is 329 g/mol. The van der Waals surface area contributed by atoms with Crippen LogP contribution in [0.25, 0.3) is 5.52 Å². The third-order valence-corrected chi connectivity index (χ3v) is 4.97. The minimum absolute atomic E-state index is 0.0106. The maximum absolute atomic E-state index is 12.9. The van der Waals surface area contributed by atoms with E-state index in [1.165, 1.54) is 12.8 Å². The molecule has 1 amide bonds. The number of nitrogens with one attached hydrogen (secondary N) is 1. The summed E-state index contributed by atoms with van der Waals surface area (Å²) in [7, 11) is 0. The van der Waals surface area contributed by atoms with Crippen molar-refractivity contribution in [1.29, 1.82) is 0 Å². The van der Waals surface area contributed by atoms with Gasteiger partial charge in [0.1, 0.15) is 0 Å². The van der Waals surface area contributed by atoms with Gasteiger partial charge in [-0.05, 0) is 25.0 Å². The molecule has 0 radical (unpaired) electrons. The molecule has 1 unspecified atom stereocenters. The second kappa shape index (κ2) is 6.41. The molecule has 2 saturated heterocycles. The van der Waals surface area contributed by atoms with E-state index in [9.17, 15) is 9.90 Å². The molecule has 0 aromatic carbocycles. The highest BCUT2D eigenvalue weighted by Crippen LogP contribution is 2.24. The molecule has 0 bridgehead atoms. The van der Waals surface area contributed by atoms with Crippen LogP contribution in [-0.2, 0) is 0 Å². The normalized spacial score (nSPS) is 21.6. The topological polar surface area (TPSA) is 73.1 Å². The number of carbonyl (C=O) groups is 1. The predicted molar refractivity (Wildman–Crippen MR) is 91.4 cm³/mol. The Morgan fingerprint density at radius 3 is 2.96 bits per heavy atom. The minimum Gasteiger partial charge on any atom is -0.395 e. The second-order valence-corrected chi connectivity index (χ2v) is 6.55. The van der Waals surface area contributed by atoms with Gasteiger partial charge >= 0.3 is 0 Å². The SMILES string of the molecule is O=C(c1cnn2ccc(N3CCCC3)cc12)N1CCNC(CO)C1. The summed E-state index contributed by atoms with van der Waals surface area (Å²) < 4.78 is 1.76. The zero-order valence-electron chi connectivity index (χ0n) is 13.7. The van der Waals surface area contributed by atoms with Crippen LogP contribution in [-0.4, -0.2) is 70.9 Å². The molecule has 24 heavy (non-hydrogen) atoms. The van der Waals surface area contributed by atoms with Crippen LogP contribution in [0, 0.1) is 0 Å². The Balaban J connectivity index is 1.63. The number of carbonyl (C=O) groups excluding carboxylic acids is 1. The first-order valence-electron chi connectivity index (χ1n) is 8.62. The van der Waals surface area contributed by atoms with Crippen LogP contribution in [0.4, 0.5) is 5.69 Å². The average Bonchev–Trinajstić information content (AvgIpc) is 3.30. The molecule has 2 fully saturated rings. The summed E-state index contributed by atoms with van der Waals surface area (Å²) in [5.41, 5.74) is 2.64. The highest BCUT2D eigenvalue weighted by atomic mass is 16.3. The third-order valence-electron chi connectivity index (χ3n) is 4.97. The van der Waals surface area contributed by atoms with E-state index >= 15 is 0 Å². The lowest BCUT2D eigenvalue weighted by Gasteiger charge is -2.32. The van der Waals surface area contributed by atoms with Crippen LogP contribution in [0.15, 0.2) is 24.5 Å². The largest absolute Gasteiger partial charge is 0.395 e. The third kappa shape index (κ3) is 2.74. The van der Waals surface area contributed by atoms with Crippen LogP contribution in [0.1, 0.15) is 23.2 Å². The van der Waals surface area contributed by atoms with E-state index < -0.39 is 0 Å². The predicted octanol–water partition coefficient (Wildman–Crippen LogP) is 0.341. The van der Waals surface area contributed by atoms with Crippen molar-refractivity contribution in [3.05, 3.63) is 30.1 Å². The first kappa shape index (κ1) is 15.4. The fourth-order valence-corrected chi connectivity index (χ4v) is 3.61. The molecule has 0 spiro atoms. The Morgan fingerprint density at radius 2 is 2.17 bits per heavy atom. The lowest BCUT2D eigenvalue weighted by Crippen LogP contribution is -2.54. The molecule has 0 saturated carbocycles. The van der Waals surface area contributed by atoms with Crippen LogP contribution < -0.4 is 10.2 Å². The molecular weight excluding hydrogens is 306 g/mol. The Labute approximate surface area is 140 Å². The van der Waals surface area contributed by atoms with E-state index in [-0.39, 0.29) is 18.6 Å². The van der Waals surface area contributed by atoms with Gasteiger partial charge in [-0.1, -0.05) is 0 Å². The fourth-order valence-electron chi connectivity index (χ4n) is 3.61. The molecule has 7 nitrogen and oxygen atoms in total. The quantitative estimate of drug-likeness (QED) is 0.850. The summed E-state index contributed by atoms with van der Waals surface area (Å²) in [4.78, 5) is 17.1. The zero-order chi connectivity index (χ0) is 16.5. The van der Waals surface area contributed by atoms with E-state index in [2.05, 4.69) is 27.4 Å². The Bertz CT molecular complexity index is 738. The molecule has 128 valence electrons. The number of hydrogen-bond donors (Lipinski definition) is 2. The number of anilines is 1. The maximum Gasteiger partial charge on any atom is 0.257 e. The maximum atomic E-state index is 12.9. The average molecular weight is 329 g/mol. The van der Waals surface area contributed by atoms with Crippen molar-refractivity contribution in [3.63, 3.8) is 0 Å². The van der Waals surface area contributed by atoms with E-state index in [4.69, 9.17) is 0 Å². The molecule has 2 aromatic rings. The Hall–Kier alpha value is -2.12. The summed E-state index contributed by atoms with van der Waals surface area (Å²) in [5, 5.41) is 16.9. The highest BCUT2D eigenvalue weighted by Gasteiger charge is 2.26. The lowest BCUT2D eigenvalue weighted by molar-refractivity contribution is 0.0673. The van der Waals surface area contributed by atoms with Gasteiger partial charge in [0.25, 0.3) is 5.91 Å². The van der Waals surface area contributed by atoms with Gasteiger partial charge in [-0.3, -0.25) is 4.79 Å². The summed E-state index contributed by atoms with van der Waals surface area (Å²) >= 11 is 0. The van der Waals surface area contributed by atoms with Crippen LogP contribution in [0.2, 0.25) is 0 Å². The van der Waals surface area contributed by atoms with Crippen molar-refractivity contribution < 1.29 is 9.90 Å². The van der Waals surface area contributed by atoms with Gasteiger partial charge in [0.05, 0.1) is 23.9 Å². The molecule has 0 aliphatic carbocycles. The van der Waals surface area contributed by atoms with Crippen LogP contribution in [0.3, 0.4) is 0 Å². The van der Waals surface area contributed by atoms with Crippen molar-refractivity contribution in [2.45, 2.75) is 18.9 Å². The number of pyridine rings is 1. The van der Waals surface area contributed by atoms with Gasteiger partial charge in [-0.2, -0.15) is 5.10 Å². The van der Waals surface area contributed by atoms with Gasteiger partial charge in [0, 0.05) is 50.6 Å². The molecule has 4 heterocycles. The highest BCUT2D eigenvalue weighted by molar-refractivity contribution is 6.01. The molecule has 4 rings (SSSR count). The van der Waals surface area contributed by atoms with Gasteiger partial charge < -0.3 is 20.2 Å². The molecule has 2 aliphatic rings. The molecule has 2 aliphatic heterocycles. The van der Waals surface area contributed by atoms with Crippen molar-refractivity contribution in [2.24, 2.45) is 0 Å². The van der Waals surface area contributed by atoms with Crippen molar-refractivity contribution in [2.75, 3.05) is 44.2 Å². The molecular formula is C17H23N5O2. The minimum atomic E-state index is -0.0512. The smallest absolute Gasteiger partial charge is 0.257 e. The Morgan fingerprint density at radius 1 is 1.33 bits per heavy atom. The van der Waals surface area contributed by atoms with Gasteiger partial charge in [-0.15, -0.1) is 0 Å². The lowest BCUT2D eigenvalue weighted by atomic mass is 10.1.